The number of rotatable bonds is 5. The summed E-state index contributed by atoms with van der Waals surface area (Å²) in [5.41, 5.74) is 0. The molecule has 1 aliphatic rings. The van der Waals surface area contributed by atoms with Gasteiger partial charge in [-0.2, -0.15) is 0 Å². The third-order valence-electron chi connectivity index (χ3n) is 3.07. The highest BCUT2D eigenvalue weighted by Gasteiger charge is 2.27. The average molecular weight is 252 g/mol. The Morgan fingerprint density at radius 3 is 2.94 bits per heavy atom. The highest BCUT2D eigenvalue weighted by atomic mass is 16.5. The summed E-state index contributed by atoms with van der Waals surface area (Å²) in [4.78, 5) is 24.9. The van der Waals surface area contributed by atoms with Crippen molar-refractivity contribution in [2.24, 2.45) is 0 Å². The standard InChI is InChI=1S/C13H20N2O3/c1-3-9-15-10-5-4-6-11(15)13(17)14-8-7-12(16)18-2/h1,11H,4-10H2,2H3,(H,14,17)/t11-/m1/s1. The van der Waals surface area contributed by atoms with Crippen LogP contribution >= 0.6 is 0 Å². The first kappa shape index (κ1) is 14.5. The summed E-state index contributed by atoms with van der Waals surface area (Å²) in [7, 11) is 1.33. The first-order valence-electron chi connectivity index (χ1n) is 6.21. The number of carbonyl (C=O) groups is 2. The Kier molecular flexibility index (Phi) is 6.23. The number of methoxy groups -OCH3 is 1. The number of ether oxygens (including phenoxy) is 1. The van der Waals surface area contributed by atoms with Crippen LogP contribution in [-0.2, 0) is 14.3 Å². The number of nitrogens with one attached hydrogen (secondary N) is 1. The van der Waals surface area contributed by atoms with Crippen molar-refractivity contribution in [1.82, 2.24) is 10.2 Å². The van der Waals surface area contributed by atoms with Crippen LogP contribution in [0.5, 0.6) is 0 Å². The van der Waals surface area contributed by atoms with Gasteiger partial charge in [0.05, 0.1) is 26.1 Å². The van der Waals surface area contributed by atoms with E-state index in [1.165, 1.54) is 7.11 Å². The first-order valence-corrected chi connectivity index (χ1v) is 6.21. The maximum absolute atomic E-state index is 12.0. The number of esters is 1. The molecule has 0 aromatic heterocycles. The highest BCUT2D eigenvalue weighted by molar-refractivity contribution is 5.82. The number of likely N-dealkylation sites (tertiary alicyclic amines) is 1. The fourth-order valence-electron chi connectivity index (χ4n) is 2.10. The zero-order valence-corrected chi connectivity index (χ0v) is 10.8. The molecule has 1 saturated heterocycles. The zero-order valence-electron chi connectivity index (χ0n) is 10.8. The SMILES string of the molecule is C#CCN1CCCC[C@@H]1C(=O)NCCC(=O)OC. The van der Waals surface area contributed by atoms with Crippen LogP contribution < -0.4 is 5.32 Å². The Hall–Kier alpha value is -1.54. The van der Waals surface area contributed by atoms with Crippen LogP contribution in [0.25, 0.3) is 0 Å². The second kappa shape index (κ2) is 7.72. The van der Waals surface area contributed by atoms with Gasteiger partial charge in [0.1, 0.15) is 0 Å². The van der Waals surface area contributed by atoms with E-state index in [2.05, 4.69) is 16.0 Å². The summed E-state index contributed by atoms with van der Waals surface area (Å²) in [6.45, 7) is 1.67. The topological polar surface area (TPSA) is 58.6 Å². The van der Waals surface area contributed by atoms with E-state index in [-0.39, 0.29) is 24.3 Å². The molecule has 1 N–H and O–H groups in total. The monoisotopic (exact) mass is 252 g/mol. The van der Waals surface area contributed by atoms with Crippen molar-refractivity contribution in [2.75, 3.05) is 26.7 Å². The van der Waals surface area contributed by atoms with Gasteiger partial charge in [0, 0.05) is 6.54 Å². The molecule has 1 heterocycles. The highest BCUT2D eigenvalue weighted by Crippen LogP contribution is 2.16. The van der Waals surface area contributed by atoms with Crippen molar-refractivity contribution in [3.63, 3.8) is 0 Å². The second-order valence-electron chi connectivity index (χ2n) is 4.30. The van der Waals surface area contributed by atoms with E-state index < -0.39 is 0 Å². The molecule has 1 aliphatic heterocycles. The summed E-state index contributed by atoms with van der Waals surface area (Å²) >= 11 is 0. The van der Waals surface area contributed by atoms with Gasteiger partial charge in [-0.1, -0.05) is 12.3 Å². The number of hydrogen-bond donors (Lipinski definition) is 1. The van der Waals surface area contributed by atoms with Crippen molar-refractivity contribution in [2.45, 2.75) is 31.7 Å². The molecule has 0 aromatic rings. The molecule has 0 spiro atoms. The predicted octanol–water partition coefficient (Wildman–Crippen LogP) is 0.153. The summed E-state index contributed by atoms with van der Waals surface area (Å²) in [5.74, 6) is 2.21. The number of piperidine rings is 1. The lowest BCUT2D eigenvalue weighted by molar-refractivity contribution is -0.140. The summed E-state index contributed by atoms with van der Waals surface area (Å²) < 4.78 is 4.51. The van der Waals surface area contributed by atoms with Crippen molar-refractivity contribution in [3.05, 3.63) is 0 Å². The van der Waals surface area contributed by atoms with E-state index in [0.717, 1.165) is 25.8 Å². The molecule has 5 heteroatoms. The molecule has 18 heavy (non-hydrogen) atoms. The van der Waals surface area contributed by atoms with E-state index in [0.29, 0.717) is 13.1 Å². The van der Waals surface area contributed by atoms with Crippen LogP contribution in [0.1, 0.15) is 25.7 Å². The lowest BCUT2D eigenvalue weighted by Gasteiger charge is -2.33. The second-order valence-corrected chi connectivity index (χ2v) is 4.30. The molecule has 1 atom stereocenters. The summed E-state index contributed by atoms with van der Waals surface area (Å²) in [6.07, 6.45) is 8.43. The molecule has 0 aromatic carbocycles. The van der Waals surface area contributed by atoms with Crippen molar-refractivity contribution in [3.8, 4) is 12.3 Å². The van der Waals surface area contributed by atoms with Gasteiger partial charge in [0.15, 0.2) is 0 Å². The van der Waals surface area contributed by atoms with Crippen molar-refractivity contribution >= 4 is 11.9 Å². The summed E-state index contributed by atoms with van der Waals surface area (Å²) in [5, 5.41) is 2.76. The molecule has 100 valence electrons. The fraction of sp³-hybridized carbons (Fsp3) is 0.692. The smallest absolute Gasteiger partial charge is 0.307 e. The van der Waals surface area contributed by atoms with Crippen LogP contribution in [0.3, 0.4) is 0 Å². The Balaban J connectivity index is 2.38. The number of hydrogen-bond acceptors (Lipinski definition) is 4. The maximum atomic E-state index is 12.0. The van der Waals surface area contributed by atoms with Crippen molar-refractivity contribution < 1.29 is 14.3 Å². The van der Waals surface area contributed by atoms with Gasteiger partial charge in [0.2, 0.25) is 5.91 Å². The van der Waals surface area contributed by atoms with Gasteiger partial charge in [0.25, 0.3) is 0 Å². The first-order chi connectivity index (χ1) is 8.69. The van der Waals surface area contributed by atoms with Crippen LogP contribution in [-0.4, -0.2) is 49.6 Å². The van der Waals surface area contributed by atoms with E-state index in [1.807, 2.05) is 4.90 Å². The number of nitrogens with zero attached hydrogens (tertiary/aromatic N) is 1. The Morgan fingerprint density at radius 2 is 2.28 bits per heavy atom. The van der Waals surface area contributed by atoms with Gasteiger partial charge in [-0.25, -0.2) is 0 Å². The lowest BCUT2D eigenvalue weighted by atomic mass is 10.0. The minimum atomic E-state index is -0.320. The molecule has 1 fully saturated rings. The summed E-state index contributed by atoms with van der Waals surface area (Å²) in [6, 6.07) is -0.160. The number of terminal acetylenes is 1. The minimum absolute atomic E-state index is 0.0474. The Morgan fingerprint density at radius 1 is 1.50 bits per heavy atom. The maximum Gasteiger partial charge on any atom is 0.307 e. The molecule has 5 nitrogen and oxygen atoms in total. The third-order valence-corrected chi connectivity index (χ3v) is 3.07. The van der Waals surface area contributed by atoms with Crippen LogP contribution in [0.2, 0.25) is 0 Å². The van der Waals surface area contributed by atoms with E-state index >= 15 is 0 Å². The van der Waals surface area contributed by atoms with Crippen molar-refractivity contribution in [1.29, 1.82) is 0 Å². The van der Waals surface area contributed by atoms with Crippen LogP contribution in [0.15, 0.2) is 0 Å². The molecule has 0 unspecified atom stereocenters. The predicted molar refractivity (Wildman–Crippen MR) is 67.7 cm³/mol. The van der Waals surface area contributed by atoms with Gasteiger partial charge in [-0.3, -0.25) is 14.5 Å². The number of amides is 1. The molecule has 0 bridgehead atoms. The largest absolute Gasteiger partial charge is 0.469 e. The number of carbonyl (C=O) groups excluding carboxylic acids is 2. The molecule has 0 radical (unpaired) electrons. The molecule has 0 aliphatic carbocycles. The third kappa shape index (κ3) is 4.38. The van der Waals surface area contributed by atoms with Gasteiger partial charge in [-0.15, -0.1) is 6.42 Å². The molecular formula is C13H20N2O3. The van der Waals surface area contributed by atoms with E-state index in [1.54, 1.807) is 0 Å². The molecule has 1 amide bonds. The lowest BCUT2D eigenvalue weighted by Crippen LogP contribution is -2.49. The van der Waals surface area contributed by atoms with Crippen LogP contribution in [0.4, 0.5) is 0 Å². The van der Waals surface area contributed by atoms with Crippen LogP contribution in [0, 0.1) is 12.3 Å². The Labute approximate surface area is 108 Å². The van der Waals surface area contributed by atoms with E-state index in [4.69, 9.17) is 6.42 Å². The minimum Gasteiger partial charge on any atom is -0.469 e. The average Bonchev–Trinajstić information content (AvgIpc) is 2.39. The van der Waals surface area contributed by atoms with Gasteiger partial charge >= 0.3 is 5.97 Å². The quantitative estimate of drug-likeness (QED) is 0.559. The van der Waals surface area contributed by atoms with Gasteiger partial charge in [-0.05, 0) is 19.4 Å². The van der Waals surface area contributed by atoms with E-state index in [9.17, 15) is 9.59 Å². The van der Waals surface area contributed by atoms with Gasteiger partial charge < -0.3 is 10.1 Å². The zero-order chi connectivity index (χ0) is 13.4. The fourth-order valence-corrected chi connectivity index (χ4v) is 2.10. The normalized spacial score (nSPS) is 19.9. The molecule has 1 rings (SSSR count). The molecule has 0 saturated carbocycles. The Bertz CT molecular complexity index is 336. The molecular weight excluding hydrogens is 232 g/mol.